The van der Waals surface area contributed by atoms with Crippen molar-refractivity contribution in [2.24, 2.45) is 11.5 Å². The van der Waals surface area contributed by atoms with Crippen molar-refractivity contribution in [1.82, 2.24) is 0 Å². The van der Waals surface area contributed by atoms with Crippen LogP contribution in [0.1, 0.15) is 31.8 Å². The Morgan fingerprint density at radius 2 is 1.88 bits per heavy atom. The summed E-state index contributed by atoms with van der Waals surface area (Å²) < 4.78 is 0. The predicted octanol–water partition coefficient (Wildman–Crippen LogP) is 1.71. The van der Waals surface area contributed by atoms with Gasteiger partial charge in [-0.25, -0.2) is 0 Å². The zero-order chi connectivity index (χ0) is 17.9. The van der Waals surface area contributed by atoms with Gasteiger partial charge in [-0.05, 0) is 30.7 Å². The summed E-state index contributed by atoms with van der Waals surface area (Å²) in [5, 5.41) is 14.2. The van der Waals surface area contributed by atoms with Crippen molar-refractivity contribution in [2.75, 3.05) is 5.32 Å². The number of nitro benzene ring substituents is 1. The summed E-state index contributed by atoms with van der Waals surface area (Å²) in [6.45, 7) is 1.87. The Hall–Kier alpha value is -3.42. The van der Waals surface area contributed by atoms with E-state index in [9.17, 15) is 19.7 Å². The van der Waals surface area contributed by atoms with Crippen LogP contribution in [0.2, 0.25) is 0 Å². The average molecular weight is 328 g/mol. The summed E-state index contributed by atoms with van der Waals surface area (Å²) in [4.78, 5) is 33.3. The number of rotatable bonds is 6. The van der Waals surface area contributed by atoms with Gasteiger partial charge < -0.3 is 16.8 Å². The molecular weight excluding hydrogens is 312 g/mol. The molecule has 8 heteroatoms. The van der Waals surface area contributed by atoms with Crippen molar-refractivity contribution in [3.05, 3.63) is 68.8 Å². The Morgan fingerprint density at radius 3 is 2.46 bits per heavy atom. The van der Waals surface area contributed by atoms with Crippen LogP contribution in [-0.2, 0) is 6.54 Å². The van der Waals surface area contributed by atoms with E-state index in [1.807, 2.05) is 0 Å². The van der Waals surface area contributed by atoms with Crippen molar-refractivity contribution < 1.29 is 14.5 Å². The molecule has 0 aliphatic rings. The maximum absolute atomic E-state index is 11.5. The number of nitrogens with one attached hydrogen (secondary N) is 1. The Morgan fingerprint density at radius 1 is 1.17 bits per heavy atom. The van der Waals surface area contributed by atoms with Gasteiger partial charge in [-0.2, -0.15) is 0 Å². The fraction of sp³-hybridized carbons (Fsp3) is 0.125. The number of nitrogens with zero attached hydrogens (tertiary/aromatic N) is 1. The van der Waals surface area contributed by atoms with Crippen LogP contribution in [0.3, 0.4) is 0 Å². The highest BCUT2D eigenvalue weighted by atomic mass is 16.6. The lowest BCUT2D eigenvalue weighted by atomic mass is 10.1. The van der Waals surface area contributed by atoms with Crippen LogP contribution in [0, 0.1) is 17.0 Å². The molecule has 2 aromatic rings. The summed E-state index contributed by atoms with van der Waals surface area (Å²) in [7, 11) is 0. The molecule has 0 bridgehead atoms. The zero-order valence-corrected chi connectivity index (χ0v) is 12.9. The fourth-order valence-corrected chi connectivity index (χ4v) is 2.33. The van der Waals surface area contributed by atoms with Crippen molar-refractivity contribution in [1.29, 1.82) is 0 Å². The number of nitrogens with two attached hydrogens (primary N) is 2. The highest BCUT2D eigenvalue weighted by molar-refractivity contribution is 5.99. The molecule has 8 nitrogen and oxygen atoms in total. The Bertz CT molecular complexity index is 833. The predicted molar refractivity (Wildman–Crippen MR) is 88.6 cm³/mol. The van der Waals surface area contributed by atoms with Crippen LogP contribution in [0.4, 0.5) is 11.4 Å². The molecule has 124 valence electrons. The third-order valence-electron chi connectivity index (χ3n) is 3.56. The summed E-state index contributed by atoms with van der Waals surface area (Å²) in [5.41, 5.74) is 12.3. The molecule has 0 saturated heterocycles. The molecule has 0 unspecified atom stereocenters. The summed E-state index contributed by atoms with van der Waals surface area (Å²) in [5.74, 6) is -1.34. The average Bonchev–Trinajstić information content (AvgIpc) is 2.52. The molecule has 0 fully saturated rings. The second kappa shape index (κ2) is 6.78. The SMILES string of the molecule is Cc1cccc(C(N)=O)c1NCc1ccc(C(N)=O)cc1[N+](=O)[O-]. The number of para-hydroxylation sites is 1. The number of benzene rings is 2. The van der Waals surface area contributed by atoms with Gasteiger partial charge in [0, 0.05) is 23.7 Å². The first-order chi connectivity index (χ1) is 11.3. The van der Waals surface area contributed by atoms with Gasteiger partial charge in [0.2, 0.25) is 5.91 Å². The van der Waals surface area contributed by atoms with Crippen LogP contribution >= 0.6 is 0 Å². The van der Waals surface area contributed by atoms with Crippen molar-refractivity contribution >= 4 is 23.2 Å². The van der Waals surface area contributed by atoms with Gasteiger partial charge in [-0.3, -0.25) is 19.7 Å². The van der Waals surface area contributed by atoms with Crippen molar-refractivity contribution in [2.45, 2.75) is 13.5 Å². The number of carbonyl (C=O) groups excluding carboxylic acids is 2. The van der Waals surface area contributed by atoms with Crippen molar-refractivity contribution in [3.8, 4) is 0 Å². The van der Waals surface area contributed by atoms with Gasteiger partial charge in [0.1, 0.15) is 0 Å². The van der Waals surface area contributed by atoms with Crippen LogP contribution in [-0.4, -0.2) is 16.7 Å². The molecule has 2 aromatic carbocycles. The lowest BCUT2D eigenvalue weighted by molar-refractivity contribution is -0.385. The lowest BCUT2D eigenvalue weighted by Crippen LogP contribution is -2.16. The molecule has 0 aliphatic heterocycles. The quantitative estimate of drug-likeness (QED) is 0.546. The van der Waals surface area contributed by atoms with E-state index in [0.29, 0.717) is 16.8 Å². The topological polar surface area (TPSA) is 141 Å². The highest BCUT2D eigenvalue weighted by Gasteiger charge is 2.17. The first kappa shape index (κ1) is 16.9. The van der Waals surface area contributed by atoms with Crippen molar-refractivity contribution in [3.63, 3.8) is 0 Å². The van der Waals surface area contributed by atoms with Crippen LogP contribution < -0.4 is 16.8 Å². The number of nitro groups is 1. The number of primary amides is 2. The largest absolute Gasteiger partial charge is 0.380 e. The molecule has 0 atom stereocenters. The smallest absolute Gasteiger partial charge is 0.275 e. The Balaban J connectivity index is 2.35. The lowest BCUT2D eigenvalue weighted by Gasteiger charge is -2.13. The van der Waals surface area contributed by atoms with Gasteiger partial charge in [0.15, 0.2) is 0 Å². The first-order valence-electron chi connectivity index (χ1n) is 7.01. The van der Waals surface area contributed by atoms with E-state index < -0.39 is 16.7 Å². The van der Waals surface area contributed by atoms with E-state index in [2.05, 4.69) is 5.32 Å². The van der Waals surface area contributed by atoms with E-state index >= 15 is 0 Å². The number of anilines is 1. The minimum absolute atomic E-state index is 0.0548. The molecule has 0 saturated carbocycles. The summed E-state index contributed by atoms with van der Waals surface area (Å²) in [6.07, 6.45) is 0. The Kier molecular flexibility index (Phi) is 4.78. The minimum atomic E-state index is -0.743. The van der Waals surface area contributed by atoms with E-state index in [0.717, 1.165) is 11.6 Å². The monoisotopic (exact) mass is 328 g/mol. The molecule has 0 heterocycles. The van der Waals surface area contributed by atoms with Gasteiger partial charge in [0.25, 0.3) is 11.6 Å². The first-order valence-corrected chi connectivity index (χ1v) is 7.01. The van der Waals surface area contributed by atoms with Gasteiger partial charge in [0.05, 0.1) is 16.2 Å². The fourth-order valence-electron chi connectivity index (χ4n) is 2.33. The van der Waals surface area contributed by atoms with E-state index in [1.54, 1.807) is 25.1 Å². The number of hydrogen-bond donors (Lipinski definition) is 3. The molecule has 0 radical (unpaired) electrons. The summed E-state index contributed by atoms with van der Waals surface area (Å²) >= 11 is 0. The summed E-state index contributed by atoms with van der Waals surface area (Å²) in [6, 6.07) is 9.06. The molecule has 5 N–H and O–H groups in total. The molecule has 0 aromatic heterocycles. The van der Waals surface area contributed by atoms with E-state index in [4.69, 9.17) is 11.5 Å². The molecule has 2 rings (SSSR count). The standard InChI is InChI=1S/C16H16N4O4/c1-9-3-2-4-12(16(18)22)14(9)19-8-11-6-5-10(15(17)21)7-13(11)20(23)24/h2-7,19H,8H2,1H3,(H2,17,21)(H2,18,22). The third-order valence-corrected chi connectivity index (χ3v) is 3.56. The van der Waals surface area contributed by atoms with E-state index in [-0.39, 0.29) is 17.8 Å². The van der Waals surface area contributed by atoms with Crippen LogP contribution in [0.5, 0.6) is 0 Å². The maximum atomic E-state index is 11.5. The van der Waals surface area contributed by atoms with Gasteiger partial charge in [-0.1, -0.05) is 12.1 Å². The molecule has 0 aliphatic carbocycles. The molecular formula is C16H16N4O4. The number of amides is 2. The number of aryl methyl sites for hydroxylation is 1. The number of carbonyl (C=O) groups is 2. The number of hydrogen-bond acceptors (Lipinski definition) is 5. The molecule has 24 heavy (non-hydrogen) atoms. The molecule has 0 spiro atoms. The molecule has 2 amide bonds. The zero-order valence-electron chi connectivity index (χ0n) is 12.9. The van der Waals surface area contributed by atoms with Crippen LogP contribution in [0.25, 0.3) is 0 Å². The normalized spacial score (nSPS) is 10.2. The minimum Gasteiger partial charge on any atom is -0.380 e. The van der Waals surface area contributed by atoms with Crippen LogP contribution in [0.15, 0.2) is 36.4 Å². The van der Waals surface area contributed by atoms with Gasteiger partial charge in [-0.15, -0.1) is 0 Å². The second-order valence-corrected chi connectivity index (χ2v) is 5.18. The Labute approximate surface area is 137 Å². The third kappa shape index (κ3) is 3.49. The van der Waals surface area contributed by atoms with Gasteiger partial charge >= 0.3 is 0 Å². The maximum Gasteiger partial charge on any atom is 0.275 e. The highest BCUT2D eigenvalue weighted by Crippen LogP contribution is 2.24. The second-order valence-electron chi connectivity index (χ2n) is 5.18. The van der Waals surface area contributed by atoms with E-state index in [1.165, 1.54) is 12.1 Å².